The number of aryl methyl sites for hydroxylation is 1. The van der Waals surface area contributed by atoms with E-state index < -0.39 is 4.92 Å². The Labute approximate surface area is 196 Å². The molecule has 1 aliphatic rings. The first kappa shape index (κ1) is 21.3. The molecule has 0 saturated carbocycles. The van der Waals surface area contributed by atoms with Crippen molar-refractivity contribution in [2.75, 3.05) is 11.4 Å². The molecule has 0 aliphatic carbocycles. The van der Waals surface area contributed by atoms with Gasteiger partial charge in [-0.05, 0) is 42.7 Å². The molecule has 0 bridgehead atoms. The van der Waals surface area contributed by atoms with Crippen LogP contribution in [0.3, 0.4) is 0 Å². The standard InChI is InChI=1S/C27H22N4O3/c32-26(29-17-7-10-20-8-4-5-14-25(20)29)16-15-22-19-30(23-11-2-1-3-12-23)28-27(22)21-9-6-13-24(18-21)31(33)34/h1-6,8-9,11-16,18-19H,7,10,17H2/b16-15+. The van der Waals surface area contributed by atoms with E-state index in [2.05, 4.69) is 6.07 Å². The lowest BCUT2D eigenvalue weighted by Gasteiger charge is -2.28. The summed E-state index contributed by atoms with van der Waals surface area (Å²) in [5, 5.41) is 16.0. The fourth-order valence-electron chi connectivity index (χ4n) is 4.23. The topological polar surface area (TPSA) is 81.3 Å². The number of hydrogen-bond acceptors (Lipinski definition) is 4. The van der Waals surface area contributed by atoms with Gasteiger partial charge in [-0.25, -0.2) is 4.68 Å². The van der Waals surface area contributed by atoms with Gasteiger partial charge in [-0.2, -0.15) is 5.10 Å². The van der Waals surface area contributed by atoms with Gasteiger partial charge in [0.05, 0.1) is 10.6 Å². The van der Waals surface area contributed by atoms with Crippen LogP contribution in [0.1, 0.15) is 17.5 Å². The lowest BCUT2D eigenvalue weighted by molar-refractivity contribution is -0.384. The van der Waals surface area contributed by atoms with Gasteiger partial charge >= 0.3 is 0 Å². The monoisotopic (exact) mass is 450 g/mol. The summed E-state index contributed by atoms with van der Waals surface area (Å²) in [6.07, 6.45) is 7.00. The molecule has 34 heavy (non-hydrogen) atoms. The summed E-state index contributed by atoms with van der Waals surface area (Å²) in [5.41, 5.74) is 4.83. The maximum absolute atomic E-state index is 13.1. The number of amides is 1. The van der Waals surface area contributed by atoms with Gasteiger partial charge in [0.15, 0.2) is 0 Å². The number of hydrogen-bond donors (Lipinski definition) is 0. The minimum atomic E-state index is -0.426. The zero-order valence-electron chi connectivity index (χ0n) is 18.4. The minimum Gasteiger partial charge on any atom is -0.309 e. The molecule has 0 saturated heterocycles. The van der Waals surface area contributed by atoms with Crippen LogP contribution in [0.4, 0.5) is 11.4 Å². The van der Waals surface area contributed by atoms with Crippen molar-refractivity contribution in [2.24, 2.45) is 0 Å². The van der Waals surface area contributed by atoms with Gasteiger partial charge in [0.1, 0.15) is 5.69 Å². The van der Waals surface area contributed by atoms with E-state index in [1.54, 1.807) is 33.9 Å². The molecule has 7 heteroatoms. The van der Waals surface area contributed by atoms with Gasteiger partial charge in [0.2, 0.25) is 0 Å². The Hall–Kier alpha value is -4.52. The number of nitro groups is 1. The molecule has 0 spiro atoms. The highest BCUT2D eigenvalue weighted by atomic mass is 16.6. The molecule has 4 aromatic rings. The highest BCUT2D eigenvalue weighted by Gasteiger charge is 2.21. The van der Waals surface area contributed by atoms with Gasteiger partial charge in [0.25, 0.3) is 11.6 Å². The smallest absolute Gasteiger partial charge is 0.270 e. The third kappa shape index (κ3) is 4.23. The van der Waals surface area contributed by atoms with E-state index in [1.165, 1.54) is 17.7 Å². The molecule has 1 amide bonds. The van der Waals surface area contributed by atoms with E-state index in [0.29, 0.717) is 23.4 Å². The van der Waals surface area contributed by atoms with Crippen molar-refractivity contribution in [3.05, 3.63) is 112 Å². The third-order valence-corrected chi connectivity index (χ3v) is 5.88. The molecular formula is C27H22N4O3. The number of nitro benzene ring substituents is 1. The van der Waals surface area contributed by atoms with Crippen LogP contribution in [0.15, 0.2) is 91.1 Å². The highest BCUT2D eigenvalue weighted by Crippen LogP contribution is 2.29. The summed E-state index contributed by atoms with van der Waals surface area (Å²) in [5.74, 6) is -0.107. The van der Waals surface area contributed by atoms with Gasteiger partial charge in [-0.1, -0.05) is 48.5 Å². The van der Waals surface area contributed by atoms with E-state index in [4.69, 9.17) is 5.10 Å². The largest absolute Gasteiger partial charge is 0.309 e. The zero-order valence-corrected chi connectivity index (χ0v) is 18.4. The van der Waals surface area contributed by atoms with Crippen molar-refractivity contribution >= 4 is 23.4 Å². The Morgan fingerprint density at radius 2 is 1.79 bits per heavy atom. The fraction of sp³-hybridized carbons (Fsp3) is 0.111. The van der Waals surface area contributed by atoms with Crippen LogP contribution in [-0.2, 0) is 11.2 Å². The number of fused-ring (bicyclic) bond motifs is 1. The molecule has 5 rings (SSSR count). The molecule has 168 valence electrons. The Balaban J connectivity index is 1.52. The number of anilines is 1. The number of carbonyl (C=O) groups is 1. The van der Waals surface area contributed by atoms with Crippen molar-refractivity contribution in [1.29, 1.82) is 0 Å². The van der Waals surface area contributed by atoms with Gasteiger partial charge < -0.3 is 4.90 Å². The molecule has 1 aliphatic heterocycles. The molecular weight excluding hydrogens is 428 g/mol. The van der Waals surface area contributed by atoms with E-state index >= 15 is 0 Å². The molecule has 7 nitrogen and oxygen atoms in total. The summed E-state index contributed by atoms with van der Waals surface area (Å²) in [4.78, 5) is 25.8. The predicted molar refractivity (Wildman–Crippen MR) is 132 cm³/mol. The van der Waals surface area contributed by atoms with E-state index in [-0.39, 0.29) is 11.6 Å². The quantitative estimate of drug-likeness (QED) is 0.230. The van der Waals surface area contributed by atoms with Gasteiger partial charge in [-0.15, -0.1) is 0 Å². The average Bonchev–Trinajstić information content (AvgIpc) is 3.32. The first-order valence-corrected chi connectivity index (χ1v) is 11.1. The number of nitrogens with zero attached hydrogens (tertiary/aromatic N) is 4. The maximum atomic E-state index is 13.1. The van der Waals surface area contributed by atoms with Crippen LogP contribution >= 0.6 is 0 Å². The van der Waals surface area contributed by atoms with Crippen LogP contribution in [0, 0.1) is 10.1 Å². The summed E-state index contributed by atoms with van der Waals surface area (Å²) in [6, 6.07) is 23.9. The van der Waals surface area contributed by atoms with E-state index in [9.17, 15) is 14.9 Å². The van der Waals surface area contributed by atoms with Crippen molar-refractivity contribution in [1.82, 2.24) is 9.78 Å². The minimum absolute atomic E-state index is 0.0114. The number of aromatic nitrogens is 2. The molecule has 0 radical (unpaired) electrons. The Bertz CT molecular complexity index is 1390. The zero-order chi connectivity index (χ0) is 23.5. The average molecular weight is 450 g/mol. The van der Waals surface area contributed by atoms with Gasteiger partial charge in [0, 0.05) is 47.8 Å². The molecule has 0 atom stereocenters. The van der Waals surface area contributed by atoms with E-state index in [0.717, 1.165) is 24.2 Å². The SMILES string of the molecule is O=C(/C=C/c1cn(-c2ccccc2)nc1-c1cccc([N+](=O)[O-])c1)N1CCCc2ccccc21. The summed E-state index contributed by atoms with van der Waals surface area (Å²) >= 11 is 0. The fourth-order valence-corrected chi connectivity index (χ4v) is 4.23. The number of para-hydroxylation sites is 2. The summed E-state index contributed by atoms with van der Waals surface area (Å²) in [6.45, 7) is 0.668. The van der Waals surface area contributed by atoms with Crippen molar-refractivity contribution < 1.29 is 9.72 Å². The van der Waals surface area contributed by atoms with Crippen molar-refractivity contribution in [2.45, 2.75) is 12.8 Å². The second-order valence-corrected chi connectivity index (χ2v) is 8.08. The third-order valence-electron chi connectivity index (χ3n) is 5.88. The lowest BCUT2D eigenvalue weighted by atomic mass is 10.0. The number of benzene rings is 3. The maximum Gasteiger partial charge on any atom is 0.270 e. The molecule has 0 fully saturated rings. The predicted octanol–water partition coefficient (Wildman–Crippen LogP) is 5.44. The first-order valence-electron chi connectivity index (χ1n) is 11.1. The number of carbonyl (C=O) groups excluding carboxylic acids is 1. The number of rotatable bonds is 5. The molecule has 0 N–H and O–H groups in total. The molecule has 3 aromatic carbocycles. The normalized spacial score (nSPS) is 13.1. The Morgan fingerprint density at radius 3 is 2.62 bits per heavy atom. The Morgan fingerprint density at radius 1 is 1.00 bits per heavy atom. The van der Waals surface area contributed by atoms with Crippen molar-refractivity contribution in [3.63, 3.8) is 0 Å². The van der Waals surface area contributed by atoms with Crippen LogP contribution in [0.2, 0.25) is 0 Å². The number of non-ortho nitro benzene ring substituents is 1. The van der Waals surface area contributed by atoms with Gasteiger partial charge in [-0.3, -0.25) is 14.9 Å². The molecule has 2 heterocycles. The van der Waals surface area contributed by atoms with E-state index in [1.807, 2.05) is 54.7 Å². The second kappa shape index (κ2) is 9.15. The summed E-state index contributed by atoms with van der Waals surface area (Å²) in [7, 11) is 0. The Kier molecular flexibility index (Phi) is 5.74. The first-order chi connectivity index (χ1) is 16.6. The second-order valence-electron chi connectivity index (χ2n) is 8.08. The van der Waals surface area contributed by atoms with Crippen LogP contribution < -0.4 is 4.90 Å². The summed E-state index contributed by atoms with van der Waals surface area (Å²) < 4.78 is 1.72. The highest BCUT2D eigenvalue weighted by molar-refractivity contribution is 6.05. The van der Waals surface area contributed by atoms with Crippen LogP contribution in [-0.4, -0.2) is 27.2 Å². The molecule has 0 unspecified atom stereocenters. The lowest BCUT2D eigenvalue weighted by Crippen LogP contribution is -2.34. The molecule has 1 aromatic heterocycles. The van der Waals surface area contributed by atoms with Crippen LogP contribution in [0.25, 0.3) is 23.0 Å². The van der Waals surface area contributed by atoms with Crippen molar-refractivity contribution in [3.8, 4) is 16.9 Å². The van der Waals surface area contributed by atoms with Crippen LogP contribution in [0.5, 0.6) is 0 Å².